The summed E-state index contributed by atoms with van der Waals surface area (Å²) in [6.45, 7) is 1.19. The van der Waals surface area contributed by atoms with Gasteiger partial charge >= 0.3 is 0 Å². The Labute approximate surface area is 105 Å². The molecule has 1 heterocycles. The molecule has 0 amide bonds. The summed E-state index contributed by atoms with van der Waals surface area (Å²) in [5, 5.41) is 3.00. The first kappa shape index (κ1) is 12.4. The Morgan fingerprint density at radius 3 is 2.33 bits per heavy atom. The van der Waals surface area contributed by atoms with Gasteiger partial charge in [-0.3, -0.25) is 0 Å². The van der Waals surface area contributed by atoms with Crippen LogP contribution >= 0.6 is 0 Å². The number of benzene rings is 1. The molecule has 0 bridgehead atoms. The van der Waals surface area contributed by atoms with Crippen LogP contribution in [0.15, 0.2) is 36.7 Å². The molecule has 2 aromatic rings. The SMILES string of the molecule is NCCNc1ncc(Cc2ccc(F)cc2)cn1. The van der Waals surface area contributed by atoms with Crippen LogP contribution < -0.4 is 11.1 Å². The second-order valence-corrected chi connectivity index (χ2v) is 3.93. The fourth-order valence-corrected chi connectivity index (χ4v) is 1.56. The molecule has 0 atom stereocenters. The number of halogens is 1. The van der Waals surface area contributed by atoms with Gasteiger partial charge in [0.05, 0.1) is 0 Å². The zero-order valence-electron chi connectivity index (χ0n) is 9.94. The average Bonchev–Trinajstić information content (AvgIpc) is 2.41. The van der Waals surface area contributed by atoms with Crippen molar-refractivity contribution in [1.29, 1.82) is 0 Å². The molecule has 1 aromatic heterocycles. The Kier molecular flexibility index (Phi) is 4.20. The third kappa shape index (κ3) is 3.49. The minimum atomic E-state index is -0.226. The van der Waals surface area contributed by atoms with Crippen LogP contribution in [-0.2, 0) is 6.42 Å². The number of rotatable bonds is 5. The summed E-state index contributed by atoms with van der Waals surface area (Å²) in [5.74, 6) is 0.347. The molecular weight excluding hydrogens is 231 g/mol. The number of nitrogens with two attached hydrogens (primary N) is 1. The van der Waals surface area contributed by atoms with E-state index >= 15 is 0 Å². The van der Waals surface area contributed by atoms with Crippen molar-refractivity contribution < 1.29 is 4.39 Å². The van der Waals surface area contributed by atoms with Crippen LogP contribution in [0, 0.1) is 5.82 Å². The Bertz CT molecular complexity index is 481. The fourth-order valence-electron chi connectivity index (χ4n) is 1.56. The van der Waals surface area contributed by atoms with Gasteiger partial charge in [-0.15, -0.1) is 0 Å². The van der Waals surface area contributed by atoms with Crippen molar-refractivity contribution in [2.75, 3.05) is 18.4 Å². The second kappa shape index (κ2) is 6.07. The van der Waals surface area contributed by atoms with Crippen molar-refractivity contribution in [3.63, 3.8) is 0 Å². The van der Waals surface area contributed by atoms with E-state index in [1.807, 2.05) is 0 Å². The molecule has 0 radical (unpaired) electrons. The predicted octanol–water partition coefficient (Wildman–Crippen LogP) is 1.58. The number of nitrogens with one attached hydrogen (secondary N) is 1. The maximum absolute atomic E-state index is 12.8. The zero-order valence-corrected chi connectivity index (χ0v) is 9.94. The molecule has 1 aromatic carbocycles. The van der Waals surface area contributed by atoms with Crippen LogP contribution in [0.5, 0.6) is 0 Å². The molecule has 0 spiro atoms. The van der Waals surface area contributed by atoms with Crippen molar-refractivity contribution in [3.05, 3.63) is 53.6 Å². The minimum absolute atomic E-state index is 0.226. The van der Waals surface area contributed by atoms with Crippen LogP contribution in [-0.4, -0.2) is 23.1 Å². The summed E-state index contributed by atoms with van der Waals surface area (Å²) in [6.07, 6.45) is 4.21. The summed E-state index contributed by atoms with van der Waals surface area (Å²) in [5.41, 5.74) is 7.39. The third-order valence-electron chi connectivity index (χ3n) is 2.45. The maximum Gasteiger partial charge on any atom is 0.222 e. The first-order chi connectivity index (χ1) is 8.78. The van der Waals surface area contributed by atoms with E-state index in [-0.39, 0.29) is 5.82 Å². The Morgan fingerprint density at radius 1 is 1.06 bits per heavy atom. The van der Waals surface area contributed by atoms with Gasteiger partial charge in [-0.25, -0.2) is 14.4 Å². The summed E-state index contributed by atoms with van der Waals surface area (Å²) in [4.78, 5) is 8.36. The van der Waals surface area contributed by atoms with E-state index < -0.39 is 0 Å². The fraction of sp³-hybridized carbons (Fsp3) is 0.231. The van der Waals surface area contributed by atoms with E-state index in [0.717, 1.165) is 11.1 Å². The van der Waals surface area contributed by atoms with Crippen LogP contribution in [0.3, 0.4) is 0 Å². The Morgan fingerprint density at radius 2 is 1.72 bits per heavy atom. The van der Waals surface area contributed by atoms with E-state index in [9.17, 15) is 4.39 Å². The predicted molar refractivity (Wildman–Crippen MR) is 68.8 cm³/mol. The van der Waals surface area contributed by atoms with E-state index in [1.165, 1.54) is 12.1 Å². The summed E-state index contributed by atoms with van der Waals surface area (Å²) >= 11 is 0. The molecule has 0 saturated carbocycles. The van der Waals surface area contributed by atoms with Crippen molar-refractivity contribution in [2.24, 2.45) is 5.73 Å². The lowest BCUT2D eigenvalue weighted by atomic mass is 10.1. The number of hydrogen-bond donors (Lipinski definition) is 2. The van der Waals surface area contributed by atoms with Gasteiger partial charge in [0.1, 0.15) is 5.82 Å². The van der Waals surface area contributed by atoms with Crippen LogP contribution in [0.4, 0.5) is 10.3 Å². The zero-order chi connectivity index (χ0) is 12.8. The van der Waals surface area contributed by atoms with E-state index in [2.05, 4.69) is 15.3 Å². The summed E-state index contributed by atoms with van der Waals surface area (Å²) < 4.78 is 12.8. The van der Waals surface area contributed by atoms with E-state index in [4.69, 9.17) is 5.73 Å². The molecule has 0 fully saturated rings. The minimum Gasteiger partial charge on any atom is -0.353 e. The van der Waals surface area contributed by atoms with Gasteiger partial charge in [-0.05, 0) is 23.3 Å². The molecule has 0 aliphatic rings. The largest absolute Gasteiger partial charge is 0.353 e. The molecule has 0 aliphatic heterocycles. The Hall–Kier alpha value is -2.01. The van der Waals surface area contributed by atoms with Gasteiger partial charge in [0.15, 0.2) is 0 Å². The summed E-state index contributed by atoms with van der Waals surface area (Å²) in [6, 6.07) is 6.42. The number of hydrogen-bond acceptors (Lipinski definition) is 4. The first-order valence-corrected chi connectivity index (χ1v) is 5.77. The standard InChI is InChI=1S/C13H15FN4/c14-12-3-1-10(2-4-12)7-11-8-17-13(18-9-11)16-6-5-15/h1-4,8-9H,5-7,15H2,(H,16,17,18). The highest BCUT2D eigenvalue weighted by Gasteiger charge is 1.99. The quantitative estimate of drug-likeness (QED) is 0.840. The van der Waals surface area contributed by atoms with Crippen molar-refractivity contribution >= 4 is 5.95 Å². The van der Waals surface area contributed by atoms with Crippen LogP contribution in [0.2, 0.25) is 0 Å². The van der Waals surface area contributed by atoms with Gasteiger partial charge in [-0.1, -0.05) is 12.1 Å². The van der Waals surface area contributed by atoms with Crippen LogP contribution in [0.25, 0.3) is 0 Å². The first-order valence-electron chi connectivity index (χ1n) is 5.77. The molecule has 0 aliphatic carbocycles. The average molecular weight is 246 g/mol. The maximum atomic E-state index is 12.8. The highest BCUT2D eigenvalue weighted by Crippen LogP contribution is 2.09. The second-order valence-electron chi connectivity index (χ2n) is 3.93. The summed E-state index contributed by atoms with van der Waals surface area (Å²) in [7, 11) is 0. The molecular formula is C13H15FN4. The van der Waals surface area contributed by atoms with E-state index in [1.54, 1.807) is 24.5 Å². The molecule has 94 valence electrons. The molecule has 0 unspecified atom stereocenters. The van der Waals surface area contributed by atoms with Crippen molar-refractivity contribution in [1.82, 2.24) is 9.97 Å². The monoisotopic (exact) mass is 246 g/mol. The lowest BCUT2D eigenvalue weighted by Crippen LogP contribution is -2.14. The number of aromatic nitrogens is 2. The molecule has 2 rings (SSSR count). The van der Waals surface area contributed by atoms with Gasteiger partial charge in [0.2, 0.25) is 5.95 Å². The highest BCUT2D eigenvalue weighted by atomic mass is 19.1. The number of nitrogens with zero attached hydrogens (tertiary/aromatic N) is 2. The molecule has 4 nitrogen and oxygen atoms in total. The van der Waals surface area contributed by atoms with Gasteiger partial charge < -0.3 is 11.1 Å². The highest BCUT2D eigenvalue weighted by molar-refractivity contribution is 5.28. The number of anilines is 1. The van der Waals surface area contributed by atoms with Gasteiger partial charge in [0.25, 0.3) is 0 Å². The topological polar surface area (TPSA) is 63.8 Å². The lowest BCUT2D eigenvalue weighted by molar-refractivity contribution is 0.627. The third-order valence-corrected chi connectivity index (χ3v) is 2.45. The Balaban J connectivity index is 1.99. The van der Waals surface area contributed by atoms with Crippen molar-refractivity contribution in [3.8, 4) is 0 Å². The molecule has 3 N–H and O–H groups in total. The molecule has 5 heteroatoms. The van der Waals surface area contributed by atoms with Gasteiger partial charge in [-0.2, -0.15) is 0 Å². The smallest absolute Gasteiger partial charge is 0.222 e. The van der Waals surface area contributed by atoms with Gasteiger partial charge in [0, 0.05) is 31.9 Å². The van der Waals surface area contributed by atoms with E-state index in [0.29, 0.717) is 25.5 Å². The normalized spacial score (nSPS) is 10.3. The van der Waals surface area contributed by atoms with Crippen LogP contribution in [0.1, 0.15) is 11.1 Å². The molecule has 18 heavy (non-hydrogen) atoms. The molecule has 0 saturated heterocycles. The van der Waals surface area contributed by atoms with Crippen molar-refractivity contribution in [2.45, 2.75) is 6.42 Å². The lowest BCUT2D eigenvalue weighted by Gasteiger charge is -2.04.